The lowest BCUT2D eigenvalue weighted by Crippen LogP contribution is -2.45. The van der Waals surface area contributed by atoms with E-state index in [1.807, 2.05) is 18.2 Å². The number of thiophene rings is 1. The first-order valence-corrected chi connectivity index (χ1v) is 25.9. The molecule has 3 fully saturated rings. The molecular formula is C47H66F2N3O8PS3. The van der Waals surface area contributed by atoms with Gasteiger partial charge in [-0.05, 0) is 68.2 Å². The molecule has 0 aliphatic carbocycles. The number of alkyl halides is 2. The second-order valence-electron chi connectivity index (χ2n) is 18.5. The maximum atomic E-state index is 15.6. The Morgan fingerprint density at radius 1 is 0.859 bits per heavy atom. The van der Waals surface area contributed by atoms with Gasteiger partial charge < -0.3 is 24.5 Å². The Hall–Kier alpha value is -2.98. The van der Waals surface area contributed by atoms with Crippen molar-refractivity contribution >= 4 is 81.3 Å². The van der Waals surface area contributed by atoms with Gasteiger partial charge in [-0.2, -0.15) is 8.78 Å². The first kappa shape index (κ1) is 53.6. The van der Waals surface area contributed by atoms with E-state index in [4.69, 9.17) is 19.6 Å². The van der Waals surface area contributed by atoms with Gasteiger partial charge in [0.2, 0.25) is 5.91 Å². The molecule has 2 unspecified atom stereocenters. The summed E-state index contributed by atoms with van der Waals surface area (Å²) in [5.41, 5.74) is 1.97. The minimum absolute atomic E-state index is 0.0617. The van der Waals surface area contributed by atoms with Crippen molar-refractivity contribution in [1.82, 2.24) is 9.96 Å². The zero-order chi connectivity index (χ0) is 47.3. The molecule has 4 heterocycles. The Kier molecular flexibility index (Phi) is 20.2. The van der Waals surface area contributed by atoms with E-state index in [1.165, 1.54) is 68.9 Å². The molecule has 2 amide bonds. The summed E-state index contributed by atoms with van der Waals surface area (Å²) in [7, 11) is -2.73. The third-order valence-electron chi connectivity index (χ3n) is 10.9. The molecule has 0 bridgehead atoms. The second kappa shape index (κ2) is 24.2. The van der Waals surface area contributed by atoms with Crippen LogP contribution < -0.4 is 5.73 Å². The van der Waals surface area contributed by atoms with Gasteiger partial charge in [-0.25, -0.2) is 0 Å². The van der Waals surface area contributed by atoms with Crippen LogP contribution in [0.4, 0.5) is 8.78 Å². The number of hydrogen-bond donors (Lipinski definition) is 1. The molecule has 3 aliphatic heterocycles. The van der Waals surface area contributed by atoms with Crippen LogP contribution in [-0.2, 0) is 38.7 Å². The Balaban J connectivity index is 0.000000258. The molecule has 2 aromatic carbocycles. The number of nitrogens with zero attached hydrogens (tertiary/aromatic N) is 2. The van der Waals surface area contributed by atoms with Crippen LogP contribution in [0.2, 0.25) is 0 Å². The van der Waals surface area contributed by atoms with Crippen molar-refractivity contribution in [3.05, 3.63) is 70.6 Å². The lowest BCUT2D eigenvalue weighted by Gasteiger charge is -2.37. The number of carbonyl (C=O) groups excluding carboxylic acids is 5. The van der Waals surface area contributed by atoms with Crippen molar-refractivity contribution in [2.75, 3.05) is 44.4 Å². The van der Waals surface area contributed by atoms with E-state index < -0.39 is 30.8 Å². The molecule has 3 saturated heterocycles. The number of nitrogens with two attached hydrogens (primary N) is 1. The zero-order valence-corrected chi connectivity index (χ0v) is 41.9. The van der Waals surface area contributed by atoms with Crippen molar-refractivity contribution in [1.29, 1.82) is 0 Å². The Labute approximate surface area is 391 Å². The van der Waals surface area contributed by atoms with Crippen LogP contribution >= 0.6 is 43.2 Å². The molecule has 6 rings (SSSR count). The standard InChI is InChI=1S/C24H32F2NO5PS3.C12H15NO2.C11H19NO/c1-22(2,3)20(29)34-11-9-31-33(32-10-12-35-21(30)23(4,5)6)24(25,26)16-7-8-17-15(13-16)14-18(36-17)19(27)28;1-10(14)15-13-8-7-12(9-13)11-5-3-2-4-6-11;1-11-7-4-2-3-6-10(13)12(11)9-5-8-11/h7-8,13-14H,9-12H2,1-6H3,(H2,27,28);2-6,12H,7-9H2,1H3;2-9H2,1H3. The minimum atomic E-state index is -3.48. The molecule has 2 N–H and O–H groups in total. The highest BCUT2D eigenvalue weighted by molar-refractivity contribution is 8.14. The van der Waals surface area contributed by atoms with Crippen LogP contribution in [0.25, 0.3) is 10.1 Å². The van der Waals surface area contributed by atoms with Gasteiger partial charge in [-0.3, -0.25) is 24.0 Å². The van der Waals surface area contributed by atoms with Gasteiger partial charge >= 0.3 is 11.6 Å². The summed E-state index contributed by atoms with van der Waals surface area (Å²) < 4.78 is 42.9. The van der Waals surface area contributed by atoms with Gasteiger partial charge in [-0.15, -0.1) is 16.4 Å². The fraction of sp³-hybridized carbons (Fsp3) is 0.596. The highest BCUT2D eigenvalue weighted by Gasteiger charge is 2.45. The first-order valence-electron chi connectivity index (χ1n) is 21.9. The van der Waals surface area contributed by atoms with E-state index >= 15 is 8.78 Å². The fourth-order valence-corrected chi connectivity index (χ4v) is 11.4. The molecule has 3 aromatic rings. The highest BCUT2D eigenvalue weighted by Crippen LogP contribution is 2.60. The van der Waals surface area contributed by atoms with Crippen LogP contribution in [0.5, 0.6) is 0 Å². The number of hydrogen-bond acceptors (Lipinski definition) is 12. The van der Waals surface area contributed by atoms with Crippen molar-refractivity contribution in [3.63, 3.8) is 0 Å². The molecule has 1 aromatic heterocycles. The number of thioether (sulfide) groups is 2. The average molecular weight is 966 g/mol. The lowest BCUT2D eigenvalue weighted by atomic mass is 9.89. The molecule has 17 heteroatoms. The Bertz CT molecular complexity index is 2010. The van der Waals surface area contributed by atoms with Crippen LogP contribution in [0.1, 0.15) is 133 Å². The van der Waals surface area contributed by atoms with E-state index in [1.54, 1.807) is 46.6 Å². The SMILES string of the molecule is CC(=O)ON1CCC(c2ccccc2)C1.CC(C)(C)C(=O)SCCOP(OCCSC(=O)C(C)(C)C)C(F)(F)c1ccc2sc(C(N)=O)cc2c1.CC12CCCCCC(=O)N1CCC2. The summed E-state index contributed by atoms with van der Waals surface area (Å²) in [6.45, 7) is 16.9. The van der Waals surface area contributed by atoms with Gasteiger partial charge in [0, 0.05) is 77.0 Å². The number of rotatable bonds is 13. The monoisotopic (exact) mass is 965 g/mol. The number of fused-ring (bicyclic) bond motifs is 2. The van der Waals surface area contributed by atoms with Crippen molar-refractivity contribution in [2.24, 2.45) is 16.6 Å². The van der Waals surface area contributed by atoms with Gasteiger partial charge in [0.15, 0.2) is 10.2 Å². The van der Waals surface area contributed by atoms with Gasteiger partial charge in [0.05, 0.1) is 18.1 Å². The molecule has 0 saturated carbocycles. The zero-order valence-electron chi connectivity index (χ0n) is 38.5. The van der Waals surface area contributed by atoms with Crippen LogP contribution in [0.15, 0.2) is 54.6 Å². The van der Waals surface area contributed by atoms with Crippen LogP contribution in [0, 0.1) is 10.8 Å². The molecule has 0 spiro atoms. The Morgan fingerprint density at radius 3 is 2.05 bits per heavy atom. The van der Waals surface area contributed by atoms with Crippen molar-refractivity contribution < 1.29 is 46.6 Å². The third-order valence-corrected chi connectivity index (χ3v) is 16.1. The summed E-state index contributed by atoms with van der Waals surface area (Å²) >= 11 is 3.19. The van der Waals surface area contributed by atoms with E-state index in [-0.39, 0.29) is 56.9 Å². The smallest absolute Gasteiger partial charge is 0.339 e. The predicted octanol–water partition coefficient (Wildman–Crippen LogP) is 11.3. The summed E-state index contributed by atoms with van der Waals surface area (Å²) in [5, 5.41) is 2.10. The van der Waals surface area contributed by atoms with Gasteiger partial charge in [0.25, 0.3) is 14.3 Å². The number of amides is 2. The number of benzene rings is 2. The second-order valence-corrected chi connectivity index (χ2v) is 23.3. The highest BCUT2D eigenvalue weighted by atomic mass is 32.2. The van der Waals surface area contributed by atoms with Crippen molar-refractivity contribution in [2.45, 2.75) is 124 Å². The van der Waals surface area contributed by atoms with E-state index in [9.17, 15) is 24.0 Å². The molecule has 354 valence electrons. The maximum Gasteiger partial charge on any atom is 0.339 e. The lowest BCUT2D eigenvalue weighted by molar-refractivity contribution is -0.182. The fourth-order valence-electron chi connectivity index (χ4n) is 7.39. The van der Waals surface area contributed by atoms with Gasteiger partial charge in [-0.1, -0.05) is 114 Å². The molecule has 11 nitrogen and oxygen atoms in total. The van der Waals surface area contributed by atoms with E-state index in [0.29, 0.717) is 21.9 Å². The Morgan fingerprint density at radius 2 is 1.47 bits per heavy atom. The average Bonchev–Trinajstić information content (AvgIpc) is 3.97. The normalized spacial score (nSPS) is 19.5. The summed E-state index contributed by atoms with van der Waals surface area (Å²) in [4.78, 5) is 65.8. The number of halogens is 2. The summed E-state index contributed by atoms with van der Waals surface area (Å²) in [6, 6.07) is 15.9. The summed E-state index contributed by atoms with van der Waals surface area (Å²) in [6.07, 6.45) is 9.15. The number of hydroxylamine groups is 2. The van der Waals surface area contributed by atoms with E-state index in [0.717, 1.165) is 73.8 Å². The largest absolute Gasteiger partial charge is 0.368 e. The number of carbonyl (C=O) groups is 5. The minimum Gasteiger partial charge on any atom is -0.368 e. The quantitative estimate of drug-likeness (QED) is 0.129. The maximum absolute atomic E-state index is 15.6. The molecule has 3 aliphatic rings. The summed E-state index contributed by atoms with van der Waals surface area (Å²) in [5.74, 6) is 0.450. The topological polar surface area (TPSA) is 146 Å². The molecule has 0 radical (unpaired) electrons. The molecular weight excluding hydrogens is 900 g/mol. The van der Waals surface area contributed by atoms with E-state index in [2.05, 4.69) is 24.0 Å². The molecule has 2 atom stereocenters. The first-order chi connectivity index (χ1) is 30.0. The third kappa shape index (κ3) is 16.1. The van der Waals surface area contributed by atoms with Crippen LogP contribution in [-0.4, -0.2) is 87.9 Å². The molecule has 64 heavy (non-hydrogen) atoms. The van der Waals surface area contributed by atoms with Crippen molar-refractivity contribution in [3.8, 4) is 0 Å². The predicted molar refractivity (Wildman–Crippen MR) is 256 cm³/mol. The number of primary amides is 1. The van der Waals surface area contributed by atoms with Gasteiger partial charge in [0.1, 0.15) is 0 Å². The van der Waals surface area contributed by atoms with Crippen LogP contribution in [0.3, 0.4) is 0 Å².